The summed E-state index contributed by atoms with van der Waals surface area (Å²) in [4.78, 5) is 22.5. The first-order valence-corrected chi connectivity index (χ1v) is 6.95. The molecular weight excluding hydrogens is 232 g/mol. The van der Waals surface area contributed by atoms with Gasteiger partial charge in [-0.05, 0) is 25.7 Å². The van der Waals surface area contributed by atoms with Crippen LogP contribution in [-0.2, 0) is 19.1 Å². The molecule has 0 atom stereocenters. The van der Waals surface area contributed by atoms with Gasteiger partial charge in [0.2, 0.25) is 0 Å². The second kappa shape index (κ2) is 11.1. The molecule has 0 fully saturated rings. The van der Waals surface area contributed by atoms with Crippen LogP contribution in [0.25, 0.3) is 0 Å². The van der Waals surface area contributed by atoms with Crippen molar-refractivity contribution < 1.29 is 19.1 Å². The summed E-state index contributed by atoms with van der Waals surface area (Å²) >= 11 is 0. The number of ether oxygens (including phenoxy) is 2. The molecule has 0 saturated carbocycles. The molecule has 4 nitrogen and oxygen atoms in total. The van der Waals surface area contributed by atoms with Gasteiger partial charge in [0.05, 0.1) is 26.1 Å². The Balaban J connectivity index is 3.76. The van der Waals surface area contributed by atoms with Crippen molar-refractivity contribution in [3.63, 3.8) is 0 Å². The van der Waals surface area contributed by atoms with E-state index in [9.17, 15) is 9.59 Å². The second-order valence-electron chi connectivity index (χ2n) is 4.43. The van der Waals surface area contributed by atoms with E-state index in [4.69, 9.17) is 9.47 Å². The van der Waals surface area contributed by atoms with Crippen LogP contribution in [0.4, 0.5) is 0 Å². The van der Waals surface area contributed by atoms with Crippen LogP contribution in [0.1, 0.15) is 59.3 Å². The Labute approximate surface area is 110 Å². The zero-order valence-corrected chi connectivity index (χ0v) is 11.9. The summed E-state index contributed by atoms with van der Waals surface area (Å²) in [6, 6.07) is 0. The summed E-state index contributed by atoms with van der Waals surface area (Å²) in [6.07, 6.45) is 4.59. The minimum atomic E-state index is -0.340. The standard InChI is InChI=1S/C14H26O4/c1-4-7-12(8-5-2)11-18-14(16)10-9-13(15)17-6-3/h12H,4-11H2,1-3H3. The fraction of sp³-hybridized carbons (Fsp3) is 0.857. The maximum Gasteiger partial charge on any atom is 0.306 e. The van der Waals surface area contributed by atoms with E-state index in [0.717, 1.165) is 25.7 Å². The van der Waals surface area contributed by atoms with Gasteiger partial charge in [-0.2, -0.15) is 0 Å². The molecule has 0 aliphatic heterocycles. The van der Waals surface area contributed by atoms with E-state index < -0.39 is 0 Å². The number of hydrogen-bond acceptors (Lipinski definition) is 4. The minimum absolute atomic E-state index is 0.110. The van der Waals surface area contributed by atoms with Gasteiger partial charge < -0.3 is 9.47 Å². The third kappa shape index (κ3) is 9.02. The molecule has 0 aliphatic rings. The van der Waals surface area contributed by atoms with Crippen molar-refractivity contribution >= 4 is 11.9 Å². The SMILES string of the molecule is CCCC(CCC)COC(=O)CCC(=O)OCC. The maximum absolute atomic E-state index is 11.4. The molecular formula is C14H26O4. The zero-order chi connectivity index (χ0) is 13.8. The van der Waals surface area contributed by atoms with Crippen molar-refractivity contribution in [1.29, 1.82) is 0 Å². The Kier molecular flexibility index (Phi) is 10.4. The van der Waals surface area contributed by atoms with Crippen molar-refractivity contribution in [2.24, 2.45) is 5.92 Å². The number of carbonyl (C=O) groups excluding carboxylic acids is 2. The molecule has 18 heavy (non-hydrogen) atoms. The molecule has 0 aromatic rings. The van der Waals surface area contributed by atoms with Crippen molar-refractivity contribution in [1.82, 2.24) is 0 Å². The maximum atomic E-state index is 11.4. The van der Waals surface area contributed by atoms with Crippen LogP contribution in [0.3, 0.4) is 0 Å². The van der Waals surface area contributed by atoms with Gasteiger partial charge in [0.15, 0.2) is 0 Å². The average Bonchev–Trinajstić information content (AvgIpc) is 2.34. The molecule has 0 aromatic carbocycles. The van der Waals surface area contributed by atoms with Crippen LogP contribution in [-0.4, -0.2) is 25.2 Å². The monoisotopic (exact) mass is 258 g/mol. The van der Waals surface area contributed by atoms with Gasteiger partial charge >= 0.3 is 11.9 Å². The normalized spacial score (nSPS) is 10.4. The molecule has 0 rings (SSSR count). The van der Waals surface area contributed by atoms with Gasteiger partial charge in [0, 0.05) is 0 Å². The lowest BCUT2D eigenvalue weighted by atomic mass is 9.99. The van der Waals surface area contributed by atoms with E-state index in [-0.39, 0.29) is 24.8 Å². The van der Waals surface area contributed by atoms with Gasteiger partial charge in [-0.15, -0.1) is 0 Å². The molecule has 0 saturated heterocycles. The van der Waals surface area contributed by atoms with Crippen LogP contribution in [0.15, 0.2) is 0 Å². The molecule has 0 radical (unpaired) electrons. The van der Waals surface area contributed by atoms with Gasteiger partial charge in [-0.25, -0.2) is 0 Å². The highest BCUT2D eigenvalue weighted by Crippen LogP contribution is 2.14. The van der Waals surface area contributed by atoms with Crippen LogP contribution in [0.2, 0.25) is 0 Å². The lowest BCUT2D eigenvalue weighted by Crippen LogP contribution is -2.15. The fourth-order valence-corrected chi connectivity index (χ4v) is 1.85. The van der Waals surface area contributed by atoms with Crippen molar-refractivity contribution in [3.8, 4) is 0 Å². The van der Waals surface area contributed by atoms with Crippen molar-refractivity contribution in [3.05, 3.63) is 0 Å². The van der Waals surface area contributed by atoms with E-state index in [1.807, 2.05) is 0 Å². The first-order chi connectivity index (χ1) is 8.63. The first-order valence-electron chi connectivity index (χ1n) is 6.95. The van der Waals surface area contributed by atoms with Crippen LogP contribution in [0, 0.1) is 5.92 Å². The van der Waals surface area contributed by atoms with Crippen LogP contribution >= 0.6 is 0 Å². The van der Waals surface area contributed by atoms with E-state index >= 15 is 0 Å². The topological polar surface area (TPSA) is 52.6 Å². The number of esters is 2. The molecule has 0 unspecified atom stereocenters. The zero-order valence-electron chi connectivity index (χ0n) is 11.9. The molecule has 106 valence electrons. The number of rotatable bonds is 10. The smallest absolute Gasteiger partial charge is 0.306 e. The molecule has 0 spiro atoms. The highest BCUT2D eigenvalue weighted by molar-refractivity contribution is 5.77. The van der Waals surface area contributed by atoms with Crippen LogP contribution < -0.4 is 0 Å². The lowest BCUT2D eigenvalue weighted by molar-refractivity contribution is -0.151. The van der Waals surface area contributed by atoms with Gasteiger partial charge in [-0.3, -0.25) is 9.59 Å². The Morgan fingerprint density at radius 1 is 0.889 bits per heavy atom. The summed E-state index contributed by atoms with van der Waals surface area (Å²) in [5, 5.41) is 0. The van der Waals surface area contributed by atoms with Crippen molar-refractivity contribution in [2.75, 3.05) is 13.2 Å². The predicted octanol–water partition coefficient (Wildman–Crippen LogP) is 3.09. The third-order valence-electron chi connectivity index (χ3n) is 2.71. The highest BCUT2D eigenvalue weighted by atomic mass is 16.5. The van der Waals surface area contributed by atoms with Crippen LogP contribution in [0.5, 0.6) is 0 Å². The Bertz CT molecular complexity index is 232. The summed E-state index contributed by atoms with van der Waals surface area (Å²) in [5.74, 6) is -0.195. The Hall–Kier alpha value is -1.06. The molecule has 0 aliphatic carbocycles. The summed E-state index contributed by atoms with van der Waals surface area (Å²) in [7, 11) is 0. The molecule has 0 heterocycles. The second-order valence-corrected chi connectivity index (χ2v) is 4.43. The minimum Gasteiger partial charge on any atom is -0.466 e. The van der Waals surface area contributed by atoms with Gasteiger partial charge in [0.1, 0.15) is 0 Å². The summed E-state index contributed by atoms with van der Waals surface area (Å²) < 4.78 is 9.94. The Morgan fingerprint density at radius 2 is 1.39 bits per heavy atom. The molecule has 0 amide bonds. The number of hydrogen-bond donors (Lipinski definition) is 0. The molecule has 0 N–H and O–H groups in total. The highest BCUT2D eigenvalue weighted by Gasteiger charge is 2.12. The van der Waals surface area contributed by atoms with Gasteiger partial charge in [0.25, 0.3) is 0 Å². The molecule has 0 bridgehead atoms. The lowest BCUT2D eigenvalue weighted by Gasteiger charge is -2.15. The molecule has 0 aromatic heterocycles. The fourth-order valence-electron chi connectivity index (χ4n) is 1.85. The van der Waals surface area contributed by atoms with E-state index in [2.05, 4.69) is 13.8 Å². The van der Waals surface area contributed by atoms with Crippen molar-refractivity contribution in [2.45, 2.75) is 59.3 Å². The van der Waals surface area contributed by atoms with E-state index in [1.54, 1.807) is 6.92 Å². The van der Waals surface area contributed by atoms with E-state index in [1.165, 1.54) is 0 Å². The summed E-state index contributed by atoms with van der Waals surface area (Å²) in [6.45, 7) is 6.83. The average molecular weight is 258 g/mol. The summed E-state index contributed by atoms with van der Waals surface area (Å²) in [5.41, 5.74) is 0. The molecule has 4 heteroatoms. The Morgan fingerprint density at radius 3 is 1.83 bits per heavy atom. The quantitative estimate of drug-likeness (QED) is 0.565. The van der Waals surface area contributed by atoms with E-state index in [0.29, 0.717) is 19.1 Å². The predicted molar refractivity (Wildman–Crippen MR) is 70.1 cm³/mol. The third-order valence-corrected chi connectivity index (χ3v) is 2.71. The first kappa shape index (κ1) is 16.9. The number of carbonyl (C=O) groups is 2. The largest absolute Gasteiger partial charge is 0.466 e. The van der Waals surface area contributed by atoms with Gasteiger partial charge in [-0.1, -0.05) is 26.7 Å².